The van der Waals surface area contributed by atoms with Crippen molar-refractivity contribution in [1.29, 1.82) is 5.26 Å². The van der Waals surface area contributed by atoms with Crippen molar-refractivity contribution in [2.75, 3.05) is 17.6 Å². The van der Waals surface area contributed by atoms with E-state index in [2.05, 4.69) is 40.7 Å². The van der Waals surface area contributed by atoms with E-state index in [-0.39, 0.29) is 17.6 Å². The Bertz CT molecular complexity index is 538. The predicted octanol–water partition coefficient (Wildman–Crippen LogP) is 2.75. The van der Waals surface area contributed by atoms with Crippen molar-refractivity contribution in [3.05, 3.63) is 0 Å². The maximum Gasteiger partial charge on any atom is 0.231 e. The minimum Gasteiger partial charge on any atom is -0.360 e. The van der Waals surface area contributed by atoms with Gasteiger partial charge in [-0.1, -0.05) is 50.8 Å². The lowest BCUT2D eigenvalue weighted by atomic mass is 9.90. The van der Waals surface area contributed by atoms with Gasteiger partial charge in [0.1, 0.15) is 5.54 Å². The summed E-state index contributed by atoms with van der Waals surface area (Å²) < 4.78 is 0.740. The van der Waals surface area contributed by atoms with E-state index in [1.165, 1.54) is 23.1 Å². The Kier molecular flexibility index (Phi) is 7.10. The Morgan fingerprint density at radius 1 is 1.41 bits per heavy atom. The van der Waals surface area contributed by atoms with Gasteiger partial charge in [0.15, 0.2) is 4.34 Å². The Morgan fingerprint density at radius 2 is 2.09 bits per heavy atom. The highest BCUT2D eigenvalue weighted by atomic mass is 32.2. The molecule has 8 heteroatoms. The zero-order valence-electron chi connectivity index (χ0n) is 13.6. The van der Waals surface area contributed by atoms with E-state index in [4.69, 9.17) is 0 Å². The third kappa shape index (κ3) is 5.81. The molecule has 0 fully saturated rings. The van der Waals surface area contributed by atoms with Gasteiger partial charge in [0.2, 0.25) is 11.0 Å². The van der Waals surface area contributed by atoms with E-state index in [1.54, 1.807) is 6.92 Å². The molecule has 1 heterocycles. The fourth-order valence-corrected chi connectivity index (χ4v) is 2.94. The zero-order valence-corrected chi connectivity index (χ0v) is 15.3. The molecule has 1 atom stereocenters. The first-order valence-corrected chi connectivity index (χ1v) is 8.99. The first kappa shape index (κ1) is 18.7. The zero-order chi connectivity index (χ0) is 16.8. The Morgan fingerprint density at radius 3 is 2.64 bits per heavy atom. The summed E-state index contributed by atoms with van der Waals surface area (Å²) in [6, 6.07) is 2.16. The van der Waals surface area contributed by atoms with Gasteiger partial charge >= 0.3 is 0 Å². The summed E-state index contributed by atoms with van der Waals surface area (Å²) in [6.07, 6.45) is 0. The second kappa shape index (κ2) is 8.34. The van der Waals surface area contributed by atoms with Gasteiger partial charge in [-0.05, 0) is 18.8 Å². The van der Waals surface area contributed by atoms with E-state index in [9.17, 15) is 10.1 Å². The number of anilines is 1. The van der Waals surface area contributed by atoms with Crippen LogP contribution in [0.25, 0.3) is 0 Å². The van der Waals surface area contributed by atoms with Crippen molar-refractivity contribution in [1.82, 2.24) is 15.5 Å². The van der Waals surface area contributed by atoms with Crippen molar-refractivity contribution in [2.24, 2.45) is 11.8 Å². The van der Waals surface area contributed by atoms with Crippen molar-refractivity contribution in [2.45, 2.75) is 44.5 Å². The third-order valence-corrected chi connectivity index (χ3v) is 5.20. The number of rotatable bonds is 8. The van der Waals surface area contributed by atoms with E-state index < -0.39 is 5.54 Å². The highest BCUT2D eigenvalue weighted by Crippen LogP contribution is 2.25. The number of carbonyl (C=O) groups is 1. The maximum atomic E-state index is 12.0. The maximum absolute atomic E-state index is 12.0. The molecular weight excluding hydrogens is 318 g/mol. The Balaban J connectivity index is 2.46. The largest absolute Gasteiger partial charge is 0.360 e. The van der Waals surface area contributed by atoms with E-state index in [0.717, 1.165) is 16.0 Å². The molecule has 0 saturated heterocycles. The molecule has 122 valence electrons. The summed E-state index contributed by atoms with van der Waals surface area (Å²) in [4.78, 5) is 12.0. The van der Waals surface area contributed by atoms with Gasteiger partial charge in [0, 0.05) is 6.54 Å². The number of thioether (sulfide) groups is 1. The van der Waals surface area contributed by atoms with Crippen LogP contribution in [-0.2, 0) is 4.79 Å². The molecule has 0 bridgehead atoms. The summed E-state index contributed by atoms with van der Waals surface area (Å²) in [6.45, 7) is 10.6. The summed E-state index contributed by atoms with van der Waals surface area (Å²) in [5.74, 6) is 0.628. The minimum absolute atomic E-state index is 0.0415. The van der Waals surface area contributed by atoms with Crippen LogP contribution in [0.3, 0.4) is 0 Å². The van der Waals surface area contributed by atoms with E-state index >= 15 is 0 Å². The van der Waals surface area contributed by atoms with Gasteiger partial charge in [-0.25, -0.2) is 0 Å². The van der Waals surface area contributed by atoms with Crippen LogP contribution in [-0.4, -0.2) is 33.9 Å². The van der Waals surface area contributed by atoms with Crippen LogP contribution in [0.15, 0.2) is 4.34 Å². The number of hydrogen-bond acceptors (Lipinski definition) is 7. The van der Waals surface area contributed by atoms with Crippen molar-refractivity contribution in [3.8, 4) is 6.07 Å². The number of nitriles is 1. The lowest BCUT2D eigenvalue weighted by molar-refractivity contribution is -0.120. The molecule has 1 unspecified atom stereocenters. The number of carbonyl (C=O) groups excluding carboxylic acids is 1. The average Bonchev–Trinajstić information content (AvgIpc) is 2.90. The molecule has 0 radical (unpaired) electrons. The molecule has 6 nitrogen and oxygen atoms in total. The molecule has 0 aliphatic carbocycles. The minimum atomic E-state index is -0.844. The molecule has 1 aromatic heterocycles. The van der Waals surface area contributed by atoms with Crippen molar-refractivity contribution < 1.29 is 4.79 Å². The molecular formula is C14H23N5OS2. The number of amides is 1. The SMILES string of the molecule is CC(C)CNc1nnc(SCC(=O)NC(C)(C#N)C(C)C)s1. The van der Waals surface area contributed by atoms with Gasteiger partial charge in [0.25, 0.3) is 0 Å². The van der Waals surface area contributed by atoms with Crippen LogP contribution in [0.1, 0.15) is 34.6 Å². The van der Waals surface area contributed by atoms with Crippen molar-refractivity contribution in [3.63, 3.8) is 0 Å². The number of hydrogen-bond donors (Lipinski definition) is 2. The fourth-order valence-electron chi connectivity index (χ4n) is 1.39. The van der Waals surface area contributed by atoms with Crippen LogP contribution < -0.4 is 10.6 Å². The van der Waals surface area contributed by atoms with Gasteiger partial charge in [0.05, 0.1) is 11.8 Å². The standard InChI is InChI=1S/C14H23N5OS2/c1-9(2)6-16-12-18-19-13(22-12)21-7-11(20)17-14(5,8-15)10(3)4/h9-10H,6-7H2,1-5H3,(H,16,18)(H,17,20). The molecule has 0 spiro atoms. The van der Waals surface area contributed by atoms with Gasteiger partial charge < -0.3 is 10.6 Å². The molecule has 1 rings (SSSR count). The Labute approximate surface area is 140 Å². The molecule has 0 aliphatic heterocycles. The van der Waals surface area contributed by atoms with Crippen LogP contribution in [0.2, 0.25) is 0 Å². The fraction of sp³-hybridized carbons (Fsp3) is 0.714. The third-order valence-electron chi connectivity index (χ3n) is 3.18. The average molecular weight is 342 g/mol. The highest BCUT2D eigenvalue weighted by molar-refractivity contribution is 8.01. The summed E-state index contributed by atoms with van der Waals surface area (Å²) in [7, 11) is 0. The summed E-state index contributed by atoms with van der Waals surface area (Å²) >= 11 is 2.76. The number of nitrogens with one attached hydrogen (secondary N) is 2. The van der Waals surface area contributed by atoms with E-state index in [0.29, 0.717) is 5.92 Å². The molecule has 0 aromatic carbocycles. The van der Waals surface area contributed by atoms with Crippen LogP contribution in [0.5, 0.6) is 0 Å². The van der Waals surface area contributed by atoms with Gasteiger partial charge in [-0.15, -0.1) is 10.2 Å². The van der Waals surface area contributed by atoms with Crippen LogP contribution in [0, 0.1) is 23.2 Å². The second-order valence-electron chi connectivity index (χ2n) is 5.95. The monoisotopic (exact) mass is 341 g/mol. The van der Waals surface area contributed by atoms with Crippen LogP contribution in [0.4, 0.5) is 5.13 Å². The van der Waals surface area contributed by atoms with Crippen LogP contribution >= 0.6 is 23.1 Å². The van der Waals surface area contributed by atoms with Gasteiger partial charge in [-0.2, -0.15) is 5.26 Å². The smallest absolute Gasteiger partial charge is 0.231 e. The van der Waals surface area contributed by atoms with E-state index in [1.807, 2.05) is 13.8 Å². The lowest BCUT2D eigenvalue weighted by Gasteiger charge is -2.27. The molecule has 2 N–H and O–H groups in total. The number of aromatic nitrogens is 2. The van der Waals surface area contributed by atoms with Gasteiger partial charge in [-0.3, -0.25) is 4.79 Å². The normalized spacial score (nSPS) is 13.7. The first-order chi connectivity index (χ1) is 10.3. The summed E-state index contributed by atoms with van der Waals surface area (Å²) in [5.41, 5.74) is -0.844. The second-order valence-corrected chi connectivity index (χ2v) is 8.15. The molecule has 0 saturated carbocycles. The number of nitrogens with zero attached hydrogens (tertiary/aromatic N) is 3. The first-order valence-electron chi connectivity index (χ1n) is 7.19. The molecule has 22 heavy (non-hydrogen) atoms. The summed E-state index contributed by atoms with van der Waals surface area (Å²) in [5, 5.41) is 24.0. The van der Waals surface area contributed by atoms with Crippen molar-refractivity contribution >= 4 is 34.1 Å². The molecule has 0 aliphatic rings. The lowest BCUT2D eigenvalue weighted by Crippen LogP contribution is -2.49. The molecule has 1 amide bonds. The predicted molar refractivity (Wildman–Crippen MR) is 91.0 cm³/mol. The quantitative estimate of drug-likeness (QED) is 0.707. The highest BCUT2D eigenvalue weighted by Gasteiger charge is 2.29. The molecule has 1 aromatic rings. The topological polar surface area (TPSA) is 90.7 Å². The Hall–Kier alpha value is -1.33.